The Bertz CT molecular complexity index is 605. The summed E-state index contributed by atoms with van der Waals surface area (Å²) in [6.07, 6.45) is 0. The quantitative estimate of drug-likeness (QED) is 0.845. The standard InChI is InChI=1S/C16H16N2O2/c17-8-9-20-15-6-3-4-13(10-15)11-18-12-14-5-1-2-7-16(14)19/h1-7,10,18-19H,9,11-12H2. The summed E-state index contributed by atoms with van der Waals surface area (Å²) in [7, 11) is 0. The minimum atomic E-state index is 0.0504. The number of phenolic OH excluding ortho intramolecular Hbond substituents is 1. The lowest BCUT2D eigenvalue weighted by Gasteiger charge is -2.08. The highest BCUT2D eigenvalue weighted by Gasteiger charge is 2.00. The Morgan fingerprint density at radius 1 is 1.10 bits per heavy atom. The normalized spacial score (nSPS) is 9.95. The van der Waals surface area contributed by atoms with Crippen LogP contribution in [0.25, 0.3) is 0 Å². The van der Waals surface area contributed by atoms with Gasteiger partial charge in [0.2, 0.25) is 0 Å². The first-order valence-electron chi connectivity index (χ1n) is 6.36. The van der Waals surface area contributed by atoms with Gasteiger partial charge in [0.25, 0.3) is 0 Å². The molecule has 0 fully saturated rings. The van der Waals surface area contributed by atoms with E-state index in [0.29, 0.717) is 24.6 Å². The molecule has 0 aliphatic rings. The van der Waals surface area contributed by atoms with Crippen LogP contribution >= 0.6 is 0 Å². The zero-order valence-electron chi connectivity index (χ0n) is 11.0. The van der Waals surface area contributed by atoms with E-state index in [1.165, 1.54) is 0 Å². The maximum Gasteiger partial charge on any atom is 0.174 e. The fourth-order valence-corrected chi connectivity index (χ4v) is 1.86. The first-order chi connectivity index (χ1) is 9.79. The number of hydrogen-bond donors (Lipinski definition) is 2. The summed E-state index contributed by atoms with van der Waals surface area (Å²) in [6, 6.07) is 16.8. The number of nitrogens with one attached hydrogen (secondary N) is 1. The largest absolute Gasteiger partial charge is 0.508 e. The zero-order chi connectivity index (χ0) is 14.2. The fraction of sp³-hybridized carbons (Fsp3) is 0.188. The topological polar surface area (TPSA) is 65.3 Å². The Hall–Kier alpha value is -2.51. The van der Waals surface area contributed by atoms with Crippen LogP contribution in [0, 0.1) is 11.3 Å². The molecule has 0 saturated carbocycles. The molecule has 2 aromatic carbocycles. The molecular formula is C16H16N2O2. The highest BCUT2D eigenvalue weighted by Crippen LogP contribution is 2.16. The number of ether oxygens (including phenoxy) is 1. The van der Waals surface area contributed by atoms with E-state index in [1.807, 2.05) is 42.5 Å². The summed E-state index contributed by atoms with van der Waals surface area (Å²) in [5.41, 5.74) is 1.93. The molecule has 0 saturated heterocycles. The maximum absolute atomic E-state index is 9.66. The predicted octanol–water partition coefficient (Wildman–Crippen LogP) is 2.58. The molecule has 0 radical (unpaired) electrons. The lowest BCUT2D eigenvalue weighted by atomic mass is 10.2. The van der Waals surface area contributed by atoms with Crippen LogP contribution in [0.3, 0.4) is 0 Å². The van der Waals surface area contributed by atoms with Gasteiger partial charge in [0.15, 0.2) is 6.61 Å². The van der Waals surface area contributed by atoms with E-state index in [-0.39, 0.29) is 6.61 Å². The molecule has 0 spiro atoms. The van der Waals surface area contributed by atoms with E-state index in [2.05, 4.69) is 5.32 Å². The number of hydrogen-bond acceptors (Lipinski definition) is 4. The SMILES string of the molecule is N#CCOc1cccc(CNCc2ccccc2O)c1. The highest BCUT2D eigenvalue weighted by molar-refractivity contribution is 5.32. The lowest BCUT2D eigenvalue weighted by Crippen LogP contribution is -2.12. The number of phenols is 1. The van der Waals surface area contributed by atoms with Crippen LogP contribution in [-0.4, -0.2) is 11.7 Å². The molecule has 0 atom stereocenters. The number of aromatic hydroxyl groups is 1. The molecule has 0 amide bonds. The van der Waals surface area contributed by atoms with Crippen LogP contribution in [0.5, 0.6) is 11.5 Å². The summed E-state index contributed by atoms with van der Waals surface area (Å²) < 4.78 is 5.25. The summed E-state index contributed by atoms with van der Waals surface area (Å²) in [4.78, 5) is 0. The number of rotatable bonds is 6. The monoisotopic (exact) mass is 268 g/mol. The van der Waals surface area contributed by atoms with Gasteiger partial charge in [-0.05, 0) is 23.8 Å². The third-order valence-corrected chi connectivity index (χ3v) is 2.84. The van der Waals surface area contributed by atoms with Crippen molar-refractivity contribution < 1.29 is 9.84 Å². The van der Waals surface area contributed by atoms with E-state index in [4.69, 9.17) is 10.00 Å². The van der Waals surface area contributed by atoms with Crippen molar-refractivity contribution in [3.8, 4) is 17.6 Å². The number of benzene rings is 2. The van der Waals surface area contributed by atoms with Crippen molar-refractivity contribution in [1.82, 2.24) is 5.32 Å². The molecule has 2 N–H and O–H groups in total. The van der Waals surface area contributed by atoms with E-state index in [9.17, 15) is 5.11 Å². The summed E-state index contributed by atoms with van der Waals surface area (Å²) in [6.45, 7) is 1.31. The van der Waals surface area contributed by atoms with Crippen molar-refractivity contribution in [2.24, 2.45) is 0 Å². The molecule has 0 unspecified atom stereocenters. The summed E-state index contributed by atoms with van der Waals surface area (Å²) in [5.74, 6) is 0.986. The Morgan fingerprint density at radius 3 is 2.75 bits per heavy atom. The third-order valence-electron chi connectivity index (χ3n) is 2.84. The van der Waals surface area contributed by atoms with E-state index < -0.39 is 0 Å². The van der Waals surface area contributed by atoms with Gasteiger partial charge in [0, 0.05) is 18.7 Å². The Kier molecular flexibility index (Phi) is 4.99. The first kappa shape index (κ1) is 13.9. The molecule has 0 aliphatic heterocycles. The van der Waals surface area contributed by atoms with Gasteiger partial charge in [-0.1, -0.05) is 30.3 Å². The van der Waals surface area contributed by atoms with Crippen LogP contribution in [0.15, 0.2) is 48.5 Å². The number of para-hydroxylation sites is 1. The minimum absolute atomic E-state index is 0.0504. The molecule has 0 aromatic heterocycles. The smallest absolute Gasteiger partial charge is 0.174 e. The van der Waals surface area contributed by atoms with Gasteiger partial charge in [0.05, 0.1) is 0 Å². The Morgan fingerprint density at radius 2 is 1.95 bits per heavy atom. The molecule has 2 rings (SSSR count). The summed E-state index contributed by atoms with van der Waals surface area (Å²) >= 11 is 0. The predicted molar refractivity (Wildman–Crippen MR) is 76.2 cm³/mol. The van der Waals surface area contributed by atoms with Crippen molar-refractivity contribution >= 4 is 0 Å². The van der Waals surface area contributed by atoms with Gasteiger partial charge >= 0.3 is 0 Å². The summed E-state index contributed by atoms with van der Waals surface area (Å²) in [5, 5.41) is 21.4. The highest BCUT2D eigenvalue weighted by atomic mass is 16.5. The van der Waals surface area contributed by atoms with E-state index >= 15 is 0 Å². The van der Waals surface area contributed by atoms with Crippen molar-refractivity contribution in [2.75, 3.05) is 6.61 Å². The van der Waals surface area contributed by atoms with Crippen molar-refractivity contribution in [2.45, 2.75) is 13.1 Å². The Labute approximate surface area is 118 Å². The van der Waals surface area contributed by atoms with Crippen molar-refractivity contribution in [1.29, 1.82) is 5.26 Å². The van der Waals surface area contributed by atoms with E-state index in [1.54, 1.807) is 12.1 Å². The second-order valence-electron chi connectivity index (χ2n) is 4.33. The van der Waals surface area contributed by atoms with Gasteiger partial charge in [-0.3, -0.25) is 0 Å². The average molecular weight is 268 g/mol. The second kappa shape index (κ2) is 7.17. The number of nitrogens with zero attached hydrogens (tertiary/aromatic N) is 1. The molecule has 2 aromatic rings. The molecule has 20 heavy (non-hydrogen) atoms. The fourth-order valence-electron chi connectivity index (χ4n) is 1.86. The van der Waals surface area contributed by atoms with Crippen LogP contribution in [0.1, 0.15) is 11.1 Å². The average Bonchev–Trinajstić information content (AvgIpc) is 2.48. The molecule has 0 heterocycles. The van der Waals surface area contributed by atoms with Crippen LogP contribution in [-0.2, 0) is 13.1 Å². The number of nitriles is 1. The van der Waals surface area contributed by atoms with Gasteiger partial charge < -0.3 is 15.2 Å². The van der Waals surface area contributed by atoms with Gasteiger partial charge in [-0.2, -0.15) is 5.26 Å². The second-order valence-corrected chi connectivity index (χ2v) is 4.33. The van der Waals surface area contributed by atoms with Crippen molar-refractivity contribution in [3.05, 3.63) is 59.7 Å². The molecule has 4 heteroatoms. The van der Waals surface area contributed by atoms with Crippen molar-refractivity contribution in [3.63, 3.8) is 0 Å². The Balaban J connectivity index is 1.88. The van der Waals surface area contributed by atoms with Gasteiger partial charge in [-0.25, -0.2) is 0 Å². The minimum Gasteiger partial charge on any atom is -0.508 e. The maximum atomic E-state index is 9.66. The molecule has 0 aliphatic carbocycles. The molecule has 102 valence electrons. The van der Waals surface area contributed by atoms with Crippen LogP contribution in [0.2, 0.25) is 0 Å². The van der Waals surface area contributed by atoms with E-state index in [0.717, 1.165) is 11.1 Å². The van der Waals surface area contributed by atoms with Gasteiger partial charge in [-0.15, -0.1) is 0 Å². The molecule has 0 bridgehead atoms. The zero-order valence-corrected chi connectivity index (χ0v) is 11.0. The third kappa shape index (κ3) is 4.01. The molecular weight excluding hydrogens is 252 g/mol. The van der Waals surface area contributed by atoms with Crippen LogP contribution < -0.4 is 10.1 Å². The first-order valence-corrected chi connectivity index (χ1v) is 6.36. The van der Waals surface area contributed by atoms with Crippen LogP contribution in [0.4, 0.5) is 0 Å². The molecule has 4 nitrogen and oxygen atoms in total. The lowest BCUT2D eigenvalue weighted by molar-refractivity contribution is 0.367. The van der Waals surface area contributed by atoms with Gasteiger partial charge in [0.1, 0.15) is 17.6 Å².